The molecule has 1 aliphatic carbocycles. The monoisotopic (exact) mass is 320 g/mol. The van der Waals surface area contributed by atoms with E-state index >= 15 is 0 Å². The van der Waals surface area contributed by atoms with Crippen LogP contribution in [0.4, 0.5) is 4.39 Å². The molecule has 0 amide bonds. The number of methoxy groups -OCH3 is 1. The number of Topliss-reactive ketones (excluding diaryl/α,β-unsaturated/α-hetero) is 1. The van der Waals surface area contributed by atoms with E-state index in [0.29, 0.717) is 36.2 Å². The van der Waals surface area contributed by atoms with Crippen LogP contribution in [0.2, 0.25) is 0 Å². The first kappa shape index (κ1) is 15.7. The first-order chi connectivity index (χ1) is 10.9. The zero-order chi connectivity index (χ0) is 16.6. The summed E-state index contributed by atoms with van der Waals surface area (Å²) in [4.78, 5) is 24.2. The molecule has 1 heterocycles. The molecule has 1 N–H and O–H groups in total. The van der Waals surface area contributed by atoms with Crippen LogP contribution in [0, 0.1) is 5.82 Å². The number of allylic oxidation sites excluding steroid dienone is 2. The second-order valence-corrected chi connectivity index (χ2v) is 5.80. The largest absolute Gasteiger partial charge is 0.464 e. The van der Waals surface area contributed by atoms with Gasteiger partial charge < -0.3 is 14.6 Å². The molecule has 0 radical (unpaired) electrons. The zero-order valence-corrected chi connectivity index (χ0v) is 12.7. The number of aliphatic hydroxyl groups is 1. The van der Waals surface area contributed by atoms with Crippen LogP contribution < -0.4 is 0 Å². The Kier molecular flexibility index (Phi) is 3.93. The standard InChI is InChI=1S/C17H17FO5/c1-22-16(20)17(21)9-12(10-5-7-11(18)8-6-10)15-13(19)3-2-4-14(15)23-17/h5-8,12,21H,2-4,9H2,1H3. The number of halogens is 1. The van der Waals surface area contributed by atoms with E-state index in [1.807, 2.05) is 0 Å². The maximum absolute atomic E-state index is 13.2. The van der Waals surface area contributed by atoms with Gasteiger partial charge in [-0.05, 0) is 24.1 Å². The highest BCUT2D eigenvalue weighted by Crippen LogP contribution is 2.45. The predicted molar refractivity (Wildman–Crippen MR) is 77.7 cm³/mol. The van der Waals surface area contributed by atoms with E-state index < -0.39 is 23.5 Å². The number of hydrogen-bond acceptors (Lipinski definition) is 5. The van der Waals surface area contributed by atoms with Gasteiger partial charge in [0.15, 0.2) is 5.78 Å². The Balaban J connectivity index is 2.08. The average Bonchev–Trinajstić information content (AvgIpc) is 2.54. The van der Waals surface area contributed by atoms with Gasteiger partial charge in [-0.3, -0.25) is 4.79 Å². The van der Waals surface area contributed by atoms with E-state index in [1.165, 1.54) is 12.1 Å². The second-order valence-electron chi connectivity index (χ2n) is 5.80. The van der Waals surface area contributed by atoms with E-state index in [1.54, 1.807) is 12.1 Å². The van der Waals surface area contributed by atoms with E-state index in [4.69, 9.17) is 4.74 Å². The molecule has 23 heavy (non-hydrogen) atoms. The third-order valence-electron chi connectivity index (χ3n) is 4.31. The van der Waals surface area contributed by atoms with Crippen molar-refractivity contribution < 1.29 is 28.6 Å². The van der Waals surface area contributed by atoms with Crippen LogP contribution in [0.1, 0.15) is 37.2 Å². The van der Waals surface area contributed by atoms with Gasteiger partial charge in [0.25, 0.3) is 0 Å². The molecule has 0 saturated carbocycles. The van der Waals surface area contributed by atoms with Crippen molar-refractivity contribution in [1.82, 2.24) is 0 Å². The molecule has 1 aromatic carbocycles. The fraction of sp³-hybridized carbons (Fsp3) is 0.412. The van der Waals surface area contributed by atoms with Crippen molar-refractivity contribution in [3.8, 4) is 0 Å². The molecule has 0 bridgehead atoms. The van der Waals surface area contributed by atoms with Gasteiger partial charge in [-0.25, -0.2) is 9.18 Å². The normalized spacial score (nSPS) is 27.3. The van der Waals surface area contributed by atoms with E-state index in [9.17, 15) is 19.1 Å². The lowest BCUT2D eigenvalue weighted by atomic mass is 9.77. The van der Waals surface area contributed by atoms with Crippen LogP contribution in [0.5, 0.6) is 0 Å². The molecule has 6 heteroatoms. The van der Waals surface area contributed by atoms with Crippen molar-refractivity contribution in [3.63, 3.8) is 0 Å². The van der Waals surface area contributed by atoms with Gasteiger partial charge in [-0.15, -0.1) is 0 Å². The Bertz CT molecular complexity index is 679. The molecule has 122 valence electrons. The van der Waals surface area contributed by atoms with Crippen LogP contribution in [-0.4, -0.2) is 29.8 Å². The molecule has 1 aliphatic heterocycles. The maximum atomic E-state index is 13.2. The minimum atomic E-state index is -2.13. The third-order valence-corrected chi connectivity index (χ3v) is 4.31. The SMILES string of the molecule is COC(=O)C1(O)CC(c2ccc(F)cc2)C2=C(CCCC2=O)O1. The van der Waals surface area contributed by atoms with Crippen LogP contribution in [-0.2, 0) is 19.1 Å². The topological polar surface area (TPSA) is 72.8 Å². The lowest BCUT2D eigenvalue weighted by Gasteiger charge is -2.39. The van der Waals surface area contributed by atoms with Crippen molar-refractivity contribution in [2.75, 3.05) is 7.11 Å². The van der Waals surface area contributed by atoms with Crippen molar-refractivity contribution in [1.29, 1.82) is 0 Å². The van der Waals surface area contributed by atoms with Gasteiger partial charge in [-0.1, -0.05) is 12.1 Å². The maximum Gasteiger partial charge on any atom is 0.379 e. The summed E-state index contributed by atoms with van der Waals surface area (Å²) in [5, 5.41) is 10.5. The molecule has 0 saturated heterocycles. The quantitative estimate of drug-likeness (QED) is 0.846. The van der Waals surface area contributed by atoms with Gasteiger partial charge in [0.1, 0.15) is 11.6 Å². The summed E-state index contributed by atoms with van der Waals surface area (Å²) in [7, 11) is 1.16. The molecule has 2 aliphatic rings. The van der Waals surface area contributed by atoms with Gasteiger partial charge >= 0.3 is 11.8 Å². The molecule has 1 aromatic rings. The Labute approximate surface area is 132 Å². The number of ketones is 1. The molecule has 3 rings (SSSR count). The summed E-state index contributed by atoms with van der Waals surface area (Å²) in [5.74, 6) is -3.70. The van der Waals surface area contributed by atoms with Crippen LogP contribution in [0.15, 0.2) is 35.6 Å². The lowest BCUT2D eigenvalue weighted by molar-refractivity contribution is -0.222. The molecule has 2 unspecified atom stereocenters. The fourth-order valence-electron chi connectivity index (χ4n) is 3.22. The number of carbonyl (C=O) groups excluding carboxylic acids is 2. The minimum Gasteiger partial charge on any atom is -0.464 e. The van der Waals surface area contributed by atoms with Crippen molar-refractivity contribution in [3.05, 3.63) is 47.0 Å². The Morgan fingerprint density at radius 1 is 1.35 bits per heavy atom. The fourth-order valence-corrected chi connectivity index (χ4v) is 3.22. The average molecular weight is 320 g/mol. The van der Waals surface area contributed by atoms with Gasteiger partial charge in [0.2, 0.25) is 0 Å². The summed E-state index contributed by atoms with van der Waals surface area (Å²) in [6.45, 7) is 0. The summed E-state index contributed by atoms with van der Waals surface area (Å²) < 4.78 is 23.2. The summed E-state index contributed by atoms with van der Waals surface area (Å²) in [6.07, 6.45) is 1.33. The molecule has 0 aromatic heterocycles. The number of rotatable bonds is 2. The van der Waals surface area contributed by atoms with Gasteiger partial charge in [0.05, 0.1) is 7.11 Å². The number of benzene rings is 1. The summed E-state index contributed by atoms with van der Waals surface area (Å²) in [5.41, 5.74) is 1.12. The van der Waals surface area contributed by atoms with Crippen LogP contribution >= 0.6 is 0 Å². The third kappa shape index (κ3) is 2.74. The van der Waals surface area contributed by atoms with Crippen LogP contribution in [0.3, 0.4) is 0 Å². The van der Waals surface area contributed by atoms with E-state index in [-0.39, 0.29) is 12.2 Å². The van der Waals surface area contributed by atoms with Crippen LogP contribution in [0.25, 0.3) is 0 Å². The number of ether oxygens (including phenoxy) is 2. The highest BCUT2D eigenvalue weighted by atomic mass is 19.1. The first-order valence-corrected chi connectivity index (χ1v) is 7.46. The molecular formula is C17H17FO5. The Hall–Kier alpha value is -2.21. The Morgan fingerprint density at radius 2 is 2.04 bits per heavy atom. The molecule has 5 nitrogen and oxygen atoms in total. The summed E-state index contributed by atoms with van der Waals surface area (Å²) >= 11 is 0. The zero-order valence-electron chi connectivity index (χ0n) is 12.7. The molecule has 0 spiro atoms. The number of hydrogen-bond donors (Lipinski definition) is 1. The molecule has 0 fully saturated rings. The van der Waals surface area contributed by atoms with E-state index in [2.05, 4.69) is 4.74 Å². The van der Waals surface area contributed by atoms with Gasteiger partial charge in [-0.2, -0.15) is 0 Å². The van der Waals surface area contributed by atoms with E-state index in [0.717, 1.165) is 7.11 Å². The van der Waals surface area contributed by atoms with Crippen molar-refractivity contribution in [2.24, 2.45) is 0 Å². The number of carbonyl (C=O) groups is 2. The van der Waals surface area contributed by atoms with Crippen molar-refractivity contribution >= 4 is 11.8 Å². The number of esters is 1. The van der Waals surface area contributed by atoms with Crippen molar-refractivity contribution in [2.45, 2.75) is 37.4 Å². The first-order valence-electron chi connectivity index (χ1n) is 7.46. The molecule has 2 atom stereocenters. The van der Waals surface area contributed by atoms with Gasteiger partial charge in [0, 0.05) is 30.8 Å². The second kappa shape index (κ2) is 5.77. The predicted octanol–water partition coefficient (Wildman–Crippen LogP) is 2.20. The lowest BCUT2D eigenvalue weighted by Crippen LogP contribution is -2.47. The smallest absolute Gasteiger partial charge is 0.379 e. The summed E-state index contributed by atoms with van der Waals surface area (Å²) in [6, 6.07) is 5.68. The Morgan fingerprint density at radius 3 is 2.70 bits per heavy atom. The highest BCUT2D eigenvalue weighted by molar-refractivity contribution is 5.98. The minimum absolute atomic E-state index is 0.0625. The molecular weight excluding hydrogens is 303 g/mol. The highest BCUT2D eigenvalue weighted by Gasteiger charge is 2.50.